The highest BCUT2D eigenvalue weighted by molar-refractivity contribution is 5.99. The highest BCUT2D eigenvalue weighted by atomic mass is 16.2. The molecule has 1 aromatic heterocycles. The number of aryl methyl sites for hydroxylation is 2. The minimum Gasteiger partial charge on any atom is -0.339 e. The first kappa shape index (κ1) is 26.6. The molecule has 0 fully saturated rings. The van der Waals surface area contributed by atoms with E-state index in [1.807, 2.05) is 62.4 Å². The number of hydrogen-bond acceptors (Lipinski definition) is 7. The zero-order valence-corrected chi connectivity index (χ0v) is 21.9. The summed E-state index contributed by atoms with van der Waals surface area (Å²) in [5, 5.41) is 24.4. The van der Waals surface area contributed by atoms with Crippen molar-refractivity contribution < 1.29 is 4.79 Å². The van der Waals surface area contributed by atoms with Crippen LogP contribution in [0.2, 0.25) is 0 Å². The van der Waals surface area contributed by atoms with E-state index in [4.69, 9.17) is 10.5 Å². The van der Waals surface area contributed by atoms with Gasteiger partial charge in [0.25, 0.3) is 5.91 Å². The van der Waals surface area contributed by atoms with Crippen molar-refractivity contribution >= 4 is 35.1 Å². The predicted molar refractivity (Wildman–Crippen MR) is 153 cm³/mol. The molecule has 2 N–H and O–H groups in total. The molecule has 39 heavy (non-hydrogen) atoms. The van der Waals surface area contributed by atoms with E-state index in [-0.39, 0.29) is 5.91 Å². The lowest BCUT2D eigenvalue weighted by Crippen LogP contribution is -2.27. The molecule has 8 nitrogen and oxygen atoms in total. The van der Waals surface area contributed by atoms with Gasteiger partial charge in [-0.05, 0) is 78.6 Å². The lowest BCUT2D eigenvalue weighted by atomic mass is 10.0. The quantitative estimate of drug-likeness (QED) is 0.267. The Labute approximate surface area is 227 Å². The molecule has 0 aliphatic carbocycles. The van der Waals surface area contributed by atoms with E-state index in [0.29, 0.717) is 35.1 Å². The molecule has 0 unspecified atom stereocenters. The molecule has 0 aliphatic rings. The monoisotopic (exact) mass is 513 g/mol. The average Bonchev–Trinajstić information content (AvgIpc) is 2.94. The van der Waals surface area contributed by atoms with Gasteiger partial charge < -0.3 is 15.5 Å². The summed E-state index contributed by atoms with van der Waals surface area (Å²) < 4.78 is 0. The van der Waals surface area contributed by atoms with Crippen LogP contribution in [0.5, 0.6) is 0 Å². The molecule has 0 atom stereocenters. The van der Waals surface area contributed by atoms with E-state index in [1.165, 1.54) is 12.3 Å². The second-order valence-corrected chi connectivity index (χ2v) is 9.03. The SMILES string of the molecule is Cc1cc(/C=C/C#N)cc(C)c1Nc1nc(Nc2ccc(C#N)cc2)ncc1C(=O)N(C)Cc1ccccc1. The van der Waals surface area contributed by atoms with Crippen molar-refractivity contribution in [3.8, 4) is 12.1 Å². The Morgan fingerprint density at radius 1 is 1.00 bits per heavy atom. The van der Waals surface area contributed by atoms with E-state index in [1.54, 1.807) is 42.3 Å². The molecule has 0 aliphatic heterocycles. The zero-order valence-electron chi connectivity index (χ0n) is 21.9. The molecular weight excluding hydrogens is 486 g/mol. The molecule has 0 saturated carbocycles. The standard InChI is InChI=1S/C31H27N7O/c1-21-16-25(10-7-15-32)17-22(2)28(21)36-29-27(30(39)38(3)20-24-8-5-4-6-9-24)19-34-31(37-29)35-26-13-11-23(18-33)12-14-26/h4-14,16-17,19H,20H2,1-3H3,(H2,34,35,36,37)/b10-7+. The summed E-state index contributed by atoms with van der Waals surface area (Å²) in [7, 11) is 1.74. The summed E-state index contributed by atoms with van der Waals surface area (Å²) in [6.45, 7) is 4.35. The van der Waals surface area contributed by atoms with Crippen LogP contribution < -0.4 is 10.6 Å². The Kier molecular flexibility index (Phi) is 8.30. The Morgan fingerprint density at radius 3 is 2.33 bits per heavy atom. The molecule has 8 heteroatoms. The minimum atomic E-state index is -0.227. The highest BCUT2D eigenvalue weighted by Gasteiger charge is 2.20. The summed E-state index contributed by atoms with van der Waals surface area (Å²) in [4.78, 5) is 24.3. The summed E-state index contributed by atoms with van der Waals surface area (Å²) in [6, 6.07) is 24.7. The zero-order chi connectivity index (χ0) is 27.8. The van der Waals surface area contributed by atoms with Gasteiger partial charge in [0.1, 0.15) is 11.4 Å². The third-order valence-corrected chi connectivity index (χ3v) is 6.05. The van der Waals surface area contributed by atoms with Crippen LogP contribution in [0.1, 0.15) is 38.2 Å². The number of carbonyl (C=O) groups is 1. The third-order valence-electron chi connectivity index (χ3n) is 6.05. The third kappa shape index (κ3) is 6.65. The molecule has 192 valence electrons. The van der Waals surface area contributed by atoms with Crippen molar-refractivity contribution in [3.63, 3.8) is 0 Å². The van der Waals surface area contributed by atoms with Gasteiger partial charge in [-0.1, -0.05) is 30.3 Å². The second kappa shape index (κ2) is 12.2. The molecule has 0 saturated heterocycles. The van der Waals surface area contributed by atoms with Gasteiger partial charge in [0, 0.05) is 37.2 Å². The van der Waals surface area contributed by atoms with Gasteiger partial charge in [-0.15, -0.1) is 0 Å². The molecule has 4 aromatic rings. The van der Waals surface area contributed by atoms with Gasteiger partial charge in [0.05, 0.1) is 17.7 Å². The van der Waals surface area contributed by atoms with Crippen LogP contribution in [0, 0.1) is 36.5 Å². The molecule has 1 heterocycles. The van der Waals surface area contributed by atoms with Gasteiger partial charge >= 0.3 is 0 Å². The van der Waals surface area contributed by atoms with E-state index in [2.05, 4.69) is 26.7 Å². The highest BCUT2D eigenvalue weighted by Crippen LogP contribution is 2.29. The van der Waals surface area contributed by atoms with Crippen LogP contribution in [0.4, 0.5) is 23.1 Å². The number of nitrogens with zero attached hydrogens (tertiary/aromatic N) is 5. The Hall–Kier alpha value is -5.47. The minimum absolute atomic E-state index is 0.227. The van der Waals surface area contributed by atoms with Crippen molar-refractivity contribution in [2.75, 3.05) is 17.7 Å². The topological polar surface area (TPSA) is 118 Å². The summed E-state index contributed by atoms with van der Waals surface area (Å²) in [5.74, 6) is 0.432. The first-order valence-corrected chi connectivity index (χ1v) is 12.3. The Morgan fingerprint density at radius 2 is 1.69 bits per heavy atom. The summed E-state index contributed by atoms with van der Waals surface area (Å²) in [5.41, 5.74) is 6.18. The van der Waals surface area contributed by atoms with Crippen molar-refractivity contribution in [2.24, 2.45) is 0 Å². The number of nitriles is 2. The maximum Gasteiger partial charge on any atom is 0.259 e. The van der Waals surface area contributed by atoms with Crippen LogP contribution in [0.3, 0.4) is 0 Å². The lowest BCUT2D eigenvalue weighted by Gasteiger charge is -2.21. The van der Waals surface area contributed by atoms with Gasteiger partial charge in [-0.25, -0.2) is 4.98 Å². The number of carbonyl (C=O) groups excluding carboxylic acids is 1. The fourth-order valence-corrected chi connectivity index (χ4v) is 4.13. The molecule has 1 amide bonds. The van der Waals surface area contributed by atoms with Crippen LogP contribution in [0.15, 0.2) is 79.0 Å². The van der Waals surface area contributed by atoms with E-state index < -0.39 is 0 Å². The number of benzene rings is 3. The van der Waals surface area contributed by atoms with Gasteiger partial charge in [-0.2, -0.15) is 15.5 Å². The van der Waals surface area contributed by atoms with Crippen molar-refractivity contribution in [1.82, 2.24) is 14.9 Å². The van der Waals surface area contributed by atoms with Gasteiger partial charge in [0.15, 0.2) is 0 Å². The van der Waals surface area contributed by atoms with Crippen molar-refractivity contribution in [1.29, 1.82) is 10.5 Å². The van der Waals surface area contributed by atoms with E-state index in [9.17, 15) is 4.79 Å². The van der Waals surface area contributed by atoms with Crippen molar-refractivity contribution in [3.05, 3.63) is 112 Å². The predicted octanol–water partition coefficient (Wildman–Crippen LogP) is 6.26. The Balaban J connectivity index is 1.70. The number of aromatic nitrogens is 2. The number of hydrogen-bond donors (Lipinski definition) is 2. The van der Waals surface area contributed by atoms with Crippen LogP contribution in [0.25, 0.3) is 6.08 Å². The first-order chi connectivity index (χ1) is 18.9. The van der Waals surface area contributed by atoms with Gasteiger partial charge in [-0.3, -0.25) is 4.79 Å². The first-order valence-electron chi connectivity index (χ1n) is 12.3. The lowest BCUT2D eigenvalue weighted by molar-refractivity contribution is 0.0785. The fraction of sp³-hybridized carbons (Fsp3) is 0.129. The van der Waals surface area contributed by atoms with E-state index >= 15 is 0 Å². The summed E-state index contributed by atoms with van der Waals surface area (Å²) >= 11 is 0. The van der Waals surface area contributed by atoms with Gasteiger partial charge in [0.2, 0.25) is 5.95 Å². The molecule has 0 spiro atoms. The molecule has 3 aromatic carbocycles. The number of nitrogens with one attached hydrogen (secondary N) is 2. The second-order valence-electron chi connectivity index (χ2n) is 9.03. The summed E-state index contributed by atoms with van der Waals surface area (Å²) in [6.07, 6.45) is 4.70. The number of allylic oxidation sites excluding steroid dienone is 1. The number of rotatable bonds is 8. The molecule has 0 bridgehead atoms. The number of amides is 1. The number of anilines is 4. The molecular formula is C31H27N7O. The maximum absolute atomic E-state index is 13.6. The largest absolute Gasteiger partial charge is 0.339 e. The normalized spacial score (nSPS) is 10.5. The maximum atomic E-state index is 13.6. The fourth-order valence-electron chi connectivity index (χ4n) is 4.13. The van der Waals surface area contributed by atoms with Crippen LogP contribution in [-0.2, 0) is 6.54 Å². The van der Waals surface area contributed by atoms with E-state index in [0.717, 1.165) is 27.9 Å². The molecule has 0 radical (unpaired) electrons. The average molecular weight is 514 g/mol. The van der Waals surface area contributed by atoms with Crippen molar-refractivity contribution in [2.45, 2.75) is 20.4 Å². The molecule has 4 rings (SSSR count). The van der Waals surface area contributed by atoms with Crippen LogP contribution >= 0.6 is 0 Å². The van der Waals surface area contributed by atoms with Crippen LogP contribution in [-0.4, -0.2) is 27.8 Å². The Bertz CT molecular complexity index is 1570. The smallest absolute Gasteiger partial charge is 0.259 e.